The molecule has 0 atom stereocenters. The van der Waals surface area contributed by atoms with E-state index in [1.165, 1.54) is 60.1 Å². The first-order chi connectivity index (χ1) is 12.9. The molecule has 0 aromatic heterocycles. The van der Waals surface area contributed by atoms with Gasteiger partial charge in [-0.05, 0) is 63.2 Å². The zero-order valence-electron chi connectivity index (χ0n) is 15.5. The van der Waals surface area contributed by atoms with E-state index >= 15 is 0 Å². The maximum Gasteiger partial charge on any atom is 0.0552 e. The van der Waals surface area contributed by atoms with E-state index in [4.69, 9.17) is 0 Å². The minimum absolute atomic E-state index is 1.06. The van der Waals surface area contributed by atoms with Crippen LogP contribution in [0.1, 0.15) is 25.7 Å². The highest BCUT2D eigenvalue weighted by Gasteiger charge is 2.22. The van der Waals surface area contributed by atoms with Gasteiger partial charge in [0.25, 0.3) is 0 Å². The number of nitrogens with zero attached hydrogens (tertiary/aromatic N) is 2. The average Bonchev–Trinajstić information content (AvgIpc) is 2.70. The van der Waals surface area contributed by atoms with Gasteiger partial charge >= 0.3 is 0 Å². The lowest BCUT2D eigenvalue weighted by molar-refractivity contribution is 0.229. The number of benzene rings is 2. The molecule has 0 bridgehead atoms. The quantitative estimate of drug-likeness (QED) is 0.711. The standard InChI is InChI=1S/C22H29N3S/c1-6-15-24(16-7-1)18-14-23-13-8-17-25-19-9-2-4-11-21(19)26-22-12-5-3-10-20(22)25/h2-5,9-12,23H,1,6-8,13-18H2. The normalized spacial score (nSPS) is 17.0. The Balaban J connectivity index is 1.29. The van der Waals surface area contributed by atoms with Gasteiger partial charge in [-0.15, -0.1) is 0 Å². The van der Waals surface area contributed by atoms with Crippen LogP contribution in [0.3, 0.4) is 0 Å². The molecule has 0 aliphatic carbocycles. The van der Waals surface area contributed by atoms with E-state index in [2.05, 4.69) is 63.6 Å². The molecule has 1 fully saturated rings. The first kappa shape index (κ1) is 17.9. The summed E-state index contributed by atoms with van der Waals surface area (Å²) in [7, 11) is 0. The fraction of sp³-hybridized carbons (Fsp3) is 0.455. The van der Waals surface area contributed by atoms with Crippen molar-refractivity contribution in [3.63, 3.8) is 0 Å². The van der Waals surface area contributed by atoms with Crippen molar-refractivity contribution >= 4 is 23.1 Å². The molecule has 2 aliphatic rings. The fourth-order valence-electron chi connectivity index (χ4n) is 3.93. The van der Waals surface area contributed by atoms with E-state index < -0.39 is 0 Å². The second-order valence-electron chi connectivity index (χ2n) is 7.20. The van der Waals surface area contributed by atoms with Gasteiger partial charge in [-0.25, -0.2) is 0 Å². The van der Waals surface area contributed by atoms with E-state index in [9.17, 15) is 0 Å². The molecule has 26 heavy (non-hydrogen) atoms. The first-order valence-corrected chi connectivity index (χ1v) is 10.8. The number of rotatable bonds is 7. The van der Waals surface area contributed by atoms with Crippen molar-refractivity contribution in [2.45, 2.75) is 35.5 Å². The summed E-state index contributed by atoms with van der Waals surface area (Å²) in [6.45, 7) is 7.05. The summed E-state index contributed by atoms with van der Waals surface area (Å²) >= 11 is 1.89. The van der Waals surface area contributed by atoms with Crippen molar-refractivity contribution in [1.82, 2.24) is 10.2 Å². The van der Waals surface area contributed by atoms with E-state index in [-0.39, 0.29) is 0 Å². The summed E-state index contributed by atoms with van der Waals surface area (Å²) in [5.74, 6) is 0. The number of nitrogens with one attached hydrogen (secondary N) is 1. The smallest absolute Gasteiger partial charge is 0.0552 e. The average molecular weight is 368 g/mol. The Bertz CT molecular complexity index is 667. The molecule has 138 valence electrons. The van der Waals surface area contributed by atoms with Crippen LogP contribution in [0.15, 0.2) is 58.3 Å². The molecule has 0 unspecified atom stereocenters. The Morgan fingerprint density at radius 2 is 1.42 bits per heavy atom. The van der Waals surface area contributed by atoms with E-state index in [0.717, 1.165) is 26.1 Å². The van der Waals surface area contributed by atoms with E-state index in [1.54, 1.807) is 0 Å². The highest BCUT2D eigenvalue weighted by molar-refractivity contribution is 7.99. The lowest BCUT2D eigenvalue weighted by atomic mass is 10.1. The van der Waals surface area contributed by atoms with Gasteiger partial charge in [0.15, 0.2) is 0 Å². The van der Waals surface area contributed by atoms with Gasteiger partial charge in [-0.1, -0.05) is 42.4 Å². The number of fused-ring (bicyclic) bond motifs is 2. The molecule has 1 saturated heterocycles. The molecule has 0 spiro atoms. The Morgan fingerprint density at radius 3 is 2.12 bits per heavy atom. The zero-order chi connectivity index (χ0) is 17.6. The predicted molar refractivity (Wildman–Crippen MR) is 112 cm³/mol. The number of anilines is 2. The lowest BCUT2D eigenvalue weighted by Crippen LogP contribution is -2.36. The molecule has 2 aromatic carbocycles. The number of para-hydroxylation sites is 2. The van der Waals surface area contributed by atoms with Crippen LogP contribution >= 0.6 is 11.8 Å². The molecule has 4 heteroatoms. The summed E-state index contributed by atoms with van der Waals surface area (Å²) in [4.78, 5) is 7.83. The van der Waals surface area contributed by atoms with Crippen molar-refractivity contribution in [3.05, 3.63) is 48.5 Å². The second-order valence-corrected chi connectivity index (χ2v) is 8.28. The van der Waals surface area contributed by atoms with Crippen LogP contribution in [0.4, 0.5) is 11.4 Å². The molecule has 3 nitrogen and oxygen atoms in total. The Labute approximate surface area is 161 Å². The molecule has 1 N–H and O–H groups in total. The molecule has 0 radical (unpaired) electrons. The van der Waals surface area contributed by atoms with Gasteiger partial charge in [0, 0.05) is 29.4 Å². The van der Waals surface area contributed by atoms with Crippen LogP contribution in [0.5, 0.6) is 0 Å². The number of likely N-dealkylation sites (tertiary alicyclic amines) is 1. The highest BCUT2D eigenvalue weighted by Crippen LogP contribution is 2.47. The van der Waals surface area contributed by atoms with Crippen molar-refractivity contribution < 1.29 is 0 Å². The maximum atomic E-state index is 3.65. The topological polar surface area (TPSA) is 18.5 Å². The molecule has 0 saturated carbocycles. The van der Waals surface area contributed by atoms with Crippen LogP contribution in [0, 0.1) is 0 Å². The largest absolute Gasteiger partial charge is 0.340 e. The van der Waals surface area contributed by atoms with Crippen LogP contribution in [-0.2, 0) is 0 Å². The van der Waals surface area contributed by atoms with Crippen LogP contribution < -0.4 is 10.2 Å². The summed E-state index contributed by atoms with van der Waals surface area (Å²) in [5.41, 5.74) is 2.70. The Morgan fingerprint density at radius 1 is 0.769 bits per heavy atom. The summed E-state index contributed by atoms with van der Waals surface area (Å²) in [5, 5.41) is 3.65. The monoisotopic (exact) mass is 367 g/mol. The van der Waals surface area contributed by atoms with Crippen LogP contribution in [-0.4, -0.2) is 44.2 Å². The zero-order valence-corrected chi connectivity index (χ0v) is 16.3. The summed E-state index contributed by atoms with van der Waals surface area (Å²) in [6, 6.07) is 17.6. The third kappa shape index (κ3) is 4.25. The molecular weight excluding hydrogens is 338 g/mol. The van der Waals surface area contributed by atoms with E-state index in [0.29, 0.717) is 0 Å². The van der Waals surface area contributed by atoms with Crippen LogP contribution in [0.25, 0.3) is 0 Å². The molecule has 2 aromatic rings. The predicted octanol–water partition coefficient (Wildman–Crippen LogP) is 4.75. The molecule has 2 aliphatic heterocycles. The summed E-state index contributed by atoms with van der Waals surface area (Å²) < 4.78 is 0. The minimum atomic E-state index is 1.06. The minimum Gasteiger partial charge on any atom is -0.340 e. The maximum absolute atomic E-state index is 3.65. The second kappa shape index (κ2) is 8.94. The number of hydrogen-bond donors (Lipinski definition) is 1. The van der Waals surface area contributed by atoms with Gasteiger partial charge < -0.3 is 15.1 Å². The van der Waals surface area contributed by atoms with Crippen molar-refractivity contribution in [2.75, 3.05) is 44.2 Å². The fourth-order valence-corrected chi connectivity index (χ4v) is 5.03. The molecule has 4 rings (SSSR count). The molecular formula is C22H29N3S. The van der Waals surface area contributed by atoms with Gasteiger partial charge in [-0.2, -0.15) is 0 Å². The van der Waals surface area contributed by atoms with Crippen LogP contribution in [0.2, 0.25) is 0 Å². The van der Waals surface area contributed by atoms with Gasteiger partial charge in [0.05, 0.1) is 11.4 Å². The summed E-state index contributed by atoms with van der Waals surface area (Å²) in [6.07, 6.45) is 5.34. The van der Waals surface area contributed by atoms with Gasteiger partial charge in [-0.3, -0.25) is 0 Å². The van der Waals surface area contributed by atoms with Gasteiger partial charge in [0.1, 0.15) is 0 Å². The Kier molecular flexibility index (Phi) is 6.15. The third-order valence-corrected chi connectivity index (χ3v) is 6.45. The molecule has 0 amide bonds. The third-order valence-electron chi connectivity index (χ3n) is 5.32. The van der Waals surface area contributed by atoms with Crippen molar-refractivity contribution in [3.8, 4) is 0 Å². The highest BCUT2D eigenvalue weighted by atomic mass is 32.2. The molecule has 2 heterocycles. The SMILES string of the molecule is c1ccc2c(c1)Sc1ccccc1N2CCCNCCN1CCCCC1. The van der Waals surface area contributed by atoms with Crippen molar-refractivity contribution in [1.29, 1.82) is 0 Å². The van der Waals surface area contributed by atoms with E-state index in [1.807, 2.05) is 11.8 Å². The lowest BCUT2D eigenvalue weighted by Gasteiger charge is -2.32. The van der Waals surface area contributed by atoms with Crippen molar-refractivity contribution in [2.24, 2.45) is 0 Å². The van der Waals surface area contributed by atoms with Gasteiger partial charge in [0.2, 0.25) is 0 Å². The number of piperidine rings is 1. The first-order valence-electron chi connectivity index (χ1n) is 9.98. The Hall–Kier alpha value is -1.49. The number of hydrogen-bond acceptors (Lipinski definition) is 4.